The van der Waals surface area contributed by atoms with Gasteiger partial charge in [-0.2, -0.15) is 5.10 Å². The molecule has 0 aliphatic heterocycles. The van der Waals surface area contributed by atoms with Crippen LogP contribution in [0.2, 0.25) is 5.02 Å². The molecule has 5 heteroatoms. The van der Waals surface area contributed by atoms with Crippen molar-refractivity contribution >= 4 is 11.6 Å². The van der Waals surface area contributed by atoms with Crippen molar-refractivity contribution in [2.45, 2.75) is 6.54 Å². The predicted octanol–water partition coefficient (Wildman–Crippen LogP) is 2.21. The van der Waals surface area contributed by atoms with Gasteiger partial charge in [0.25, 0.3) is 0 Å². The molecule has 0 spiro atoms. The molecular weight excluding hydrogens is 238 g/mol. The lowest BCUT2D eigenvalue weighted by atomic mass is 10.1. The standard InChI is InChI=1S/C12H14ClN3O/c1-16-11(6-9(7-14)15-16)8-3-4-12(17-2)10(13)5-8/h3-6H,7,14H2,1-2H3. The average Bonchev–Trinajstić information content (AvgIpc) is 2.70. The molecule has 0 aliphatic rings. The van der Waals surface area contributed by atoms with Crippen LogP contribution in [0.4, 0.5) is 0 Å². The number of halogens is 1. The van der Waals surface area contributed by atoms with Crippen molar-refractivity contribution in [1.82, 2.24) is 9.78 Å². The second-order valence-corrected chi connectivity index (χ2v) is 4.11. The highest BCUT2D eigenvalue weighted by Gasteiger charge is 2.09. The number of hydrogen-bond acceptors (Lipinski definition) is 3. The molecule has 0 radical (unpaired) electrons. The van der Waals surface area contributed by atoms with Gasteiger partial charge >= 0.3 is 0 Å². The van der Waals surface area contributed by atoms with Gasteiger partial charge in [-0.15, -0.1) is 0 Å². The molecule has 0 unspecified atom stereocenters. The summed E-state index contributed by atoms with van der Waals surface area (Å²) in [6.07, 6.45) is 0. The Morgan fingerprint density at radius 2 is 2.18 bits per heavy atom. The average molecular weight is 252 g/mol. The number of hydrogen-bond donors (Lipinski definition) is 1. The summed E-state index contributed by atoms with van der Waals surface area (Å²) in [5.74, 6) is 0.664. The smallest absolute Gasteiger partial charge is 0.137 e. The van der Waals surface area contributed by atoms with E-state index in [1.807, 2.05) is 31.3 Å². The molecule has 2 rings (SSSR count). The molecule has 0 atom stereocenters. The van der Waals surface area contributed by atoms with Gasteiger partial charge in [0.2, 0.25) is 0 Å². The highest BCUT2D eigenvalue weighted by atomic mass is 35.5. The normalized spacial score (nSPS) is 10.6. The van der Waals surface area contributed by atoms with Crippen LogP contribution in [0, 0.1) is 0 Å². The van der Waals surface area contributed by atoms with E-state index in [1.54, 1.807) is 11.8 Å². The molecular formula is C12H14ClN3O. The first-order chi connectivity index (χ1) is 8.15. The Hall–Kier alpha value is -1.52. The van der Waals surface area contributed by atoms with Crippen molar-refractivity contribution in [3.63, 3.8) is 0 Å². The molecule has 2 aromatic rings. The highest BCUT2D eigenvalue weighted by Crippen LogP contribution is 2.30. The van der Waals surface area contributed by atoms with E-state index in [2.05, 4.69) is 5.10 Å². The van der Waals surface area contributed by atoms with Gasteiger partial charge in [0.1, 0.15) is 5.75 Å². The van der Waals surface area contributed by atoms with E-state index in [0.717, 1.165) is 17.0 Å². The van der Waals surface area contributed by atoms with Gasteiger partial charge in [-0.1, -0.05) is 11.6 Å². The summed E-state index contributed by atoms with van der Waals surface area (Å²) < 4.78 is 6.91. The largest absolute Gasteiger partial charge is 0.495 e. The summed E-state index contributed by atoms with van der Waals surface area (Å²) >= 11 is 6.09. The zero-order chi connectivity index (χ0) is 12.4. The number of aromatic nitrogens is 2. The lowest BCUT2D eigenvalue weighted by Gasteiger charge is -2.06. The zero-order valence-electron chi connectivity index (χ0n) is 9.77. The fourth-order valence-corrected chi connectivity index (χ4v) is 1.98. The second kappa shape index (κ2) is 4.77. The van der Waals surface area contributed by atoms with Gasteiger partial charge in [-0.3, -0.25) is 4.68 Å². The number of aryl methyl sites for hydroxylation is 1. The number of methoxy groups -OCH3 is 1. The summed E-state index contributed by atoms with van der Waals surface area (Å²) in [7, 11) is 3.48. The van der Waals surface area contributed by atoms with E-state index in [0.29, 0.717) is 17.3 Å². The van der Waals surface area contributed by atoms with Crippen LogP contribution < -0.4 is 10.5 Å². The lowest BCUT2D eigenvalue weighted by molar-refractivity contribution is 0.415. The van der Waals surface area contributed by atoms with E-state index < -0.39 is 0 Å². The molecule has 1 heterocycles. The third-order valence-electron chi connectivity index (χ3n) is 2.59. The Balaban J connectivity index is 2.45. The van der Waals surface area contributed by atoms with E-state index >= 15 is 0 Å². The van der Waals surface area contributed by atoms with Crippen molar-refractivity contribution in [3.05, 3.63) is 35.0 Å². The van der Waals surface area contributed by atoms with Crippen LogP contribution in [-0.2, 0) is 13.6 Å². The molecule has 17 heavy (non-hydrogen) atoms. The van der Waals surface area contributed by atoms with Crippen LogP contribution in [0.25, 0.3) is 11.3 Å². The van der Waals surface area contributed by atoms with Crippen molar-refractivity contribution in [2.24, 2.45) is 12.8 Å². The van der Waals surface area contributed by atoms with Crippen LogP contribution >= 0.6 is 11.6 Å². The number of nitrogens with zero attached hydrogens (tertiary/aromatic N) is 2. The molecule has 0 aliphatic carbocycles. The van der Waals surface area contributed by atoms with Crippen molar-refractivity contribution in [3.8, 4) is 17.0 Å². The minimum atomic E-state index is 0.428. The predicted molar refractivity (Wildman–Crippen MR) is 68.1 cm³/mol. The molecule has 2 N–H and O–H groups in total. The second-order valence-electron chi connectivity index (χ2n) is 3.70. The molecule has 1 aromatic carbocycles. The third-order valence-corrected chi connectivity index (χ3v) is 2.88. The summed E-state index contributed by atoms with van der Waals surface area (Å²) in [6.45, 7) is 0.428. The number of nitrogens with two attached hydrogens (primary N) is 1. The maximum atomic E-state index is 6.09. The minimum Gasteiger partial charge on any atom is -0.495 e. The summed E-state index contributed by atoms with van der Waals surface area (Å²) in [4.78, 5) is 0. The SMILES string of the molecule is COc1ccc(-c2cc(CN)nn2C)cc1Cl. The molecule has 1 aromatic heterocycles. The van der Waals surface area contributed by atoms with Crippen LogP contribution in [0.5, 0.6) is 5.75 Å². The highest BCUT2D eigenvalue weighted by molar-refractivity contribution is 6.32. The molecule has 0 amide bonds. The molecule has 0 fully saturated rings. The van der Waals surface area contributed by atoms with Gasteiger partial charge in [-0.05, 0) is 24.3 Å². The third kappa shape index (κ3) is 2.28. The van der Waals surface area contributed by atoms with Crippen LogP contribution in [0.3, 0.4) is 0 Å². The number of rotatable bonds is 3. The first-order valence-electron chi connectivity index (χ1n) is 5.22. The Bertz CT molecular complexity index is 537. The maximum absolute atomic E-state index is 6.09. The zero-order valence-corrected chi connectivity index (χ0v) is 10.5. The van der Waals surface area contributed by atoms with Gasteiger partial charge in [0.05, 0.1) is 23.5 Å². The molecule has 0 saturated carbocycles. The van der Waals surface area contributed by atoms with Gasteiger partial charge < -0.3 is 10.5 Å². The van der Waals surface area contributed by atoms with E-state index in [9.17, 15) is 0 Å². The number of ether oxygens (including phenoxy) is 1. The topological polar surface area (TPSA) is 53.1 Å². The Kier molecular flexibility index (Phi) is 3.36. The molecule has 0 saturated heterocycles. The Labute approximate surface area is 105 Å². The van der Waals surface area contributed by atoms with Crippen LogP contribution in [0.15, 0.2) is 24.3 Å². The summed E-state index contributed by atoms with van der Waals surface area (Å²) in [5, 5.41) is 4.88. The Morgan fingerprint density at radius 3 is 2.71 bits per heavy atom. The van der Waals surface area contributed by atoms with Gasteiger partial charge in [-0.25, -0.2) is 0 Å². The van der Waals surface area contributed by atoms with Crippen molar-refractivity contribution < 1.29 is 4.74 Å². The van der Waals surface area contributed by atoms with Gasteiger partial charge in [0.15, 0.2) is 0 Å². The first kappa shape index (κ1) is 12.0. The van der Waals surface area contributed by atoms with Crippen molar-refractivity contribution in [1.29, 1.82) is 0 Å². The summed E-state index contributed by atoms with van der Waals surface area (Å²) in [5.41, 5.74) is 8.39. The summed E-state index contributed by atoms with van der Waals surface area (Å²) in [6, 6.07) is 7.60. The number of benzene rings is 1. The molecule has 0 bridgehead atoms. The minimum absolute atomic E-state index is 0.428. The first-order valence-corrected chi connectivity index (χ1v) is 5.60. The van der Waals surface area contributed by atoms with E-state index in [1.165, 1.54) is 0 Å². The lowest BCUT2D eigenvalue weighted by Crippen LogP contribution is -1.98. The molecule has 90 valence electrons. The monoisotopic (exact) mass is 251 g/mol. The van der Waals surface area contributed by atoms with Crippen molar-refractivity contribution in [2.75, 3.05) is 7.11 Å². The fourth-order valence-electron chi connectivity index (χ4n) is 1.72. The molecule has 4 nitrogen and oxygen atoms in total. The van der Waals surface area contributed by atoms with Crippen LogP contribution in [-0.4, -0.2) is 16.9 Å². The van der Waals surface area contributed by atoms with E-state index in [-0.39, 0.29) is 0 Å². The van der Waals surface area contributed by atoms with E-state index in [4.69, 9.17) is 22.1 Å². The fraction of sp³-hybridized carbons (Fsp3) is 0.250. The maximum Gasteiger partial charge on any atom is 0.137 e. The Morgan fingerprint density at radius 1 is 1.41 bits per heavy atom. The van der Waals surface area contributed by atoms with Crippen LogP contribution in [0.1, 0.15) is 5.69 Å². The quantitative estimate of drug-likeness (QED) is 0.910. The van der Waals surface area contributed by atoms with Gasteiger partial charge in [0, 0.05) is 19.2 Å².